The molecule has 2 aromatic rings. The average Bonchev–Trinajstić information content (AvgIpc) is 2.64. The van der Waals surface area contributed by atoms with E-state index in [0.717, 1.165) is 16.5 Å². The molecule has 0 saturated heterocycles. The highest BCUT2D eigenvalue weighted by Gasteiger charge is 2.16. The predicted molar refractivity (Wildman–Crippen MR) is 94.5 cm³/mol. The van der Waals surface area contributed by atoms with Gasteiger partial charge in [-0.25, -0.2) is 0 Å². The second-order valence-electron chi connectivity index (χ2n) is 5.46. The minimum absolute atomic E-state index is 0.0251. The number of methoxy groups -OCH3 is 1. The molecule has 0 spiro atoms. The first-order valence-corrected chi connectivity index (χ1v) is 8.08. The molecule has 6 nitrogen and oxygen atoms in total. The van der Waals surface area contributed by atoms with Gasteiger partial charge in [-0.1, -0.05) is 23.4 Å². The lowest BCUT2D eigenvalue weighted by Gasteiger charge is -2.07. The molecule has 0 saturated carbocycles. The first-order valence-electron chi connectivity index (χ1n) is 8.08. The zero-order chi connectivity index (χ0) is 18.2. The van der Waals surface area contributed by atoms with Crippen LogP contribution in [0, 0.1) is 0 Å². The Labute approximate surface area is 146 Å². The maximum atomic E-state index is 12.5. The zero-order valence-electron chi connectivity index (χ0n) is 14.3. The summed E-state index contributed by atoms with van der Waals surface area (Å²) in [5.41, 5.74) is 0.457. The summed E-state index contributed by atoms with van der Waals surface area (Å²) in [6.07, 6.45) is 0.765. The fourth-order valence-electron chi connectivity index (χ4n) is 2.50. The Morgan fingerprint density at radius 2 is 1.80 bits per heavy atom. The number of ketones is 1. The fourth-order valence-corrected chi connectivity index (χ4v) is 2.50. The minimum Gasteiger partial charge on any atom is -0.497 e. The lowest BCUT2D eigenvalue weighted by atomic mass is 9.99. The van der Waals surface area contributed by atoms with Crippen LogP contribution in [0.15, 0.2) is 41.6 Å². The molecule has 0 unspecified atom stereocenters. The van der Waals surface area contributed by atoms with Crippen molar-refractivity contribution in [1.29, 1.82) is 0 Å². The van der Waals surface area contributed by atoms with Crippen molar-refractivity contribution in [2.45, 2.75) is 26.2 Å². The van der Waals surface area contributed by atoms with Crippen LogP contribution in [0.1, 0.15) is 36.5 Å². The van der Waals surface area contributed by atoms with Crippen molar-refractivity contribution in [2.75, 3.05) is 13.7 Å². The highest BCUT2D eigenvalue weighted by molar-refractivity contribution is 6.46. The van der Waals surface area contributed by atoms with Gasteiger partial charge in [0.25, 0.3) is 0 Å². The zero-order valence-corrected chi connectivity index (χ0v) is 14.3. The van der Waals surface area contributed by atoms with Crippen LogP contribution >= 0.6 is 0 Å². The Morgan fingerprint density at radius 1 is 1.08 bits per heavy atom. The van der Waals surface area contributed by atoms with Crippen LogP contribution in [0.2, 0.25) is 0 Å². The van der Waals surface area contributed by atoms with E-state index in [-0.39, 0.29) is 30.3 Å². The summed E-state index contributed by atoms with van der Waals surface area (Å²) in [4.78, 5) is 23.8. The predicted octanol–water partition coefficient (Wildman–Crippen LogP) is 3.59. The number of oxime groups is 1. The van der Waals surface area contributed by atoms with Gasteiger partial charge in [0.15, 0.2) is 0 Å². The summed E-state index contributed by atoms with van der Waals surface area (Å²) in [6, 6.07) is 10.8. The highest BCUT2D eigenvalue weighted by atomic mass is 16.5. The van der Waals surface area contributed by atoms with Gasteiger partial charge in [-0.15, -0.1) is 0 Å². The standard InChI is InChI=1S/C19H21NO5/c1-3-25-18(21)6-4-5-17(20-23)19(22)15-8-7-14-12-16(24-2)10-9-13(14)11-15/h7-12,23H,3-6H2,1-2H3/b20-17-. The minimum atomic E-state index is -0.357. The SMILES string of the molecule is CCOC(=O)CCC/C(=N/O)C(=O)c1ccc2cc(OC)ccc2c1. The van der Waals surface area contributed by atoms with E-state index >= 15 is 0 Å². The Kier molecular flexibility index (Phi) is 6.51. The highest BCUT2D eigenvalue weighted by Crippen LogP contribution is 2.22. The number of rotatable bonds is 8. The third kappa shape index (κ3) is 4.79. The van der Waals surface area contributed by atoms with Crippen molar-refractivity contribution in [1.82, 2.24) is 0 Å². The van der Waals surface area contributed by atoms with Gasteiger partial charge >= 0.3 is 5.97 Å². The molecule has 0 amide bonds. The van der Waals surface area contributed by atoms with Gasteiger partial charge < -0.3 is 14.7 Å². The Hall–Kier alpha value is -2.89. The molecule has 0 aliphatic carbocycles. The third-order valence-electron chi connectivity index (χ3n) is 3.79. The molecule has 1 N–H and O–H groups in total. The normalized spacial score (nSPS) is 11.4. The Balaban J connectivity index is 2.09. The van der Waals surface area contributed by atoms with Gasteiger partial charge in [-0.05, 0) is 48.7 Å². The van der Waals surface area contributed by atoms with Gasteiger partial charge in [0, 0.05) is 12.0 Å². The van der Waals surface area contributed by atoms with Crippen molar-refractivity contribution in [3.05, 3.63) is 42.0 Å². The average molecular weight is 343 g/mol. The van der Waals surface area contributed by atoms with Crippen LogP contribution in [0.25, 0.3) is 10.8 Å². The van der Waals surface area contributed by atoms with Gasteiger partial charge in [-0.2, -0.15) is 0 Å². The molecule has 0 fully saturated rings. The number of Topliss-reactive ketones (excluding diaryl/α,β-unsaturated/α-hetero) is 1. The van der Waals surface area contributed by atoms with Gasteiger partial charge in [0.05, 0.1) is 13.7 Å². The van der Waals surface area contributed by atoms with E-state index in [9.17, 15) is 9.59 Å². The summed E-state index contributed by atoms with van der Waals surface area (Å²) in [6.45, 7) is 2.05. The van der Waals surface area contributed by atoms with E-state index in [2.05, 4.69) is 5.16 Å². The van der Waals surface area contributed by atoms with Gasteiger partial charge in [0.2, 0.25) is 5.78 Å². The van der Waals surface area contributed by atoms with Crippen molar-refractivity contribution >= 4 is 28.2 Å². The van der Waals surface area contributed by atoms with Crippen LogP contribution in [0.3, 0.4) is 0 Å². The molecule has 0 aliphatic rings. The van der Waals surface area contributed by atoms with E-state index in [1.165, 1.54) is 0 Å². The molecule has 0 atom stereocenters. The maximum Gasteiger partial charge on any atom is 0.305 e. The van der Waals surface area contributed by atoms with Crippen molar-refractivity contribution in [3.63, 3.8) is 0 Å². The lowest BCUT2D eigenvalue weighted by Crippen LogP contribution is -2.15. The van der Waals surface area contributed by atoms with Crippen molar-refractivity contribution in [2.24, 2.45) is 5.16 Å². The molecule has 0 bridgehead atoms. The van der Waals surface area contributed by atoms with Crippen molar-refractivity contribution < 1.29 is 24.3 Å². The second kappa shape index (κ2) is 8.82. The Bertz CT molecular complexity index is 798. The summed E-state index contributed by atoms with van der Waals surface area (Å²) < 4.78 is 10.0. The Morgan fingerprint density at radius 3 is 2.48 bits per heavy atom. The van der Waals surface area contributed by atoms with Crippen LogP contribution in [0.5, 0.6) is 5.75 Å². The molecular formula is C19H21NO5. The number of hydrogen-bond donors (Lipinski definition) is 1. The number of nitrogens with zero attached hydrogens (tertiary/aromatic N) is 1. The second-order valence-corrected chi connectivity index (χ2v) is 5.46. The van der Waals surface area contributed by atoms with Crippen LogP contribution < -0.4 is 4.74 Å². The smallest absolute Gasteiger partial charge is 0.305 e. The summed E-state index contributed by atoms with van der Waals surface area (Å²) in [5, 5.41) is 14.1. The molecule has 132 valence electrons. The molecule has 0 aromatic heterocycles. The van der Waals surface area contributed by atoms with E-state index in [4.69, 9.17) is 14.7 Å². The summed E-state index contributed by atoms with van der Waals surface area (Å²) in [5.74, 6) is 0.0547. The number of fused-ring (bicyclic) bond motifs is 1. The van der Waals surface area contributed by atoms with Crippen molar-refractivity contribution in [3.8, 4) is 5.75 Å². The van der Waals surface area contributed by atoms with E-state index in [1.807, 2.05) is 24.3 Å². The molecule has 0 radical (unpaired) electrons. The fraction of sp³-hybridized carbons (Fsp3) is 0.316. The van der Waals surface area contributed by atoms with Gasteiger partial charge in [0.1, 0.15) is 11.5 Å². The molecule has 6 heteroatoms. The van der Waals surface area contributed by atoms with Crippen LogP contribution in [0.4, 0.5) is 0 Å². The lowest BCUT2D eigenvalue weighted by molar-refractivity contribution is -0.143. The molecular weight excluding hydrogens is 322 g/mol. The maximum absolute atomic E-state index is 12.5. The summed E-state index contributed by atoms with van der Waals surface area (Å²) >= 11 is 0. The number of esters is 1. The van der Waals surface area contributed by atoms with E-state index in [0.29, 0.717) is 18.6 Å². The topological polar surface area (TPSA) is 85.2 Å². The quantitative estimate of drug-likeness (QED) is 0.260. The molecule has 2 rings (SSSR count). The first-order chi connectivity index (χ1) is 12.1. The van der Waals surface area contributed by atoms with E-state index < -0.39 is 0 Å². The number of carbonyl (C=O) groups is 2. The molecule has 2 aromatic carbocycles. The number of carbonyl (C=O) groups excluding carboxylic acids is 2. The number of ether oxygens (including phenoxy) is 2. The molecule has 0 heterocycles. The molecule has 25 heavy (non-hydrogen) atoms. The third-order valence-corrected chi connectivity index (χ3v) is 3.79. The largest absolute Gasteiger partial charge is 0.497 e. The molecule has 0 aliphatic heterocycles. The number of hydrogen-bond acceptors (Lipinski definition) is 6. The van der Waals surface area contributed by atoms with Gasteiger partial charge in [-0.3, -0.25) is 9.59 Å². The van der Waals surface area contributed by atoms with E-state index in [1.54, 1.807) is 26.2 Å². The van der Waals surface area contributed by atoms with Crippen LogP contribution in [-0.4, -0.2) is 36.4 Å². The number of benzene rings is 2. The monoisotopic (exact) mass is 343 g/mol. The summed E-state index contributed by atoms with van der Waals surface area (Å²) in [7, 11) is 1.60. The van der Waals surface area contributed by atoms with Crippen LogP contribution in [-0.2, 0) is 9.53 Å². The first kappa shape index (κ1) is 18.4.